The summed E-state index contributed by atoms with van der Waals surface area (Å²) >= 11 is 1.40. The van der Waals surface area contributed by atoms with Crippen LogP contribution in [0.4, 0.5) is 4.39 Å². The lowest BCUT2D eigenvalue weighted by Crippen LogP contribution is -2.40. The quantitative estimate of drug-likeness (QED) is 0.419. The molecule has 164 valence electrons. The van der Waals surface area contributed by atoms with Crippen LogP contribution in [0.2, 0.25) is 0 Å². The van der Waals surface area contributed by atoms with Crippen molar-refractivity contribution in [2.24, 2.45) is 0 Å². The first-order valence-electron chi connectivity index (χ1n) is 9.82. The van der Waals surface area contributed by atoms with Gasteiger partial charge in [-0.1, -0.05) is 30.3 Å². The number of carbonyl (C=O) groups is 2. The van der Waals surface area contributed by atoms with Gasteiger partial charge in [0.05, 0.1) is 12.8 Å². The van der Waals surface area contributed by atoms with Gasteiger partial charge in [-0.3, -0.25) is 9.59 Å². The number of hydrogen-bond acceptors (Lipinski definition) is 6. The van der Waals surface area contributed by atoms with E-state index in [9.17, 15) is 14.0 Å². The van der Waals surface area contributed by atoms with E-state index in [1.807, 2.05) is 23.6 Å². The van der Waals surface area contributed by atoms with Crippen molar-refractivity contribution in [3.63, 3.8) is 0 Å². The minimum Gasteiger partial charge on any atom is -0.496 e. The van der Waals surface area contributed by atoms with Gasteiger partial charge in [-0.15, -0.1) is 16.4 Å². The average molecular weight is 453 g/mol. The summed E-state index contributed by atoms with van der Waals surface area (Å²) < 4.78 is 20.4. The van der Waals surface area contributed by atoms with Gasteiger partial charge in [-0.05, 0) is 18.2 Å². The number of para-hydroxylation sites is 1. The molecule has 0 atom stereocenters. The highest BCUT2D eigenvalue weighted by Crippen LogP contribution is 2.21. The summed E-state index contributed by atoms with van der Waals surface area (Å²) in [4.78, 5) is 29.3. The zero-order valence-corrected chi connectivity index (χ0v) is 18.0. The zero-order valence-electron chi connectivity index (χ0n) is 17.2. The Balaban J connectivity index is 1.32. The van der Waals surface area contributed by atoms with E-state index >= 15 is 0 Å². The molecule has 0 aliphatic rings. The van der Waals surface area contributed by atoms with Crippen molar-refractivity contribution in [3.8, 4) is 17.1 Å². The first-order valence-corrected chi connectivity index (χ1v) is 10.7. The molecule has 0 bridgehead atoms. The first-order chi connectivity index (χ1) is 15.5. The molecule has 0 aliphatic carbocycles. The highest BCUT2D eigenvalue weighted by Gasteiger charge is 2.15. The van der Waals surface area contributed by atoms with Crippen molar-refractivity contribution in [2.75, 3.05) is 13.7 Å². The number of fused-ring (bicyclic) bond motifs is 1. The lowest BCUT2D eigenvalue weighted by molar-refractivity contribution is -0.139. The third kappa shape index (κ3) is 4.75. The van der Waals surface area contributed by atoms with Gasteiger partial charge in [-0.2, -0.15) is 4.98 Å². The Kier molecular flexibility index (Phi) is 6.41. The van der Waals surface area contributed by atoms with Crippen molar-refractivity contribution < 1.29 is 18.7 Å². The number of halogens is 1. The van der Waals surface area contributed by atoms with E-state index in [4.69, 9.17) is 4.74 Å². The molecule has 2 heterocycles. The Morgan fingerprint density at radius 3 is 2.75 bits per heavy atom. The number of carbonyl (C=O) groups excluding carboxylic acids is 2. The third-order valence-electron chi connectivity index (χ3n) is 4.74. The van der Waals surface area contributed by atoms with Crippen molar-refractivity contribution in [2.45, 2.75) is 13.0 Å². The number of nitrogens with zero attached hydrogens (tertiary/aromatic N) is 3. The van der Waals surface area contributed by atoms with Gasteiger partial charge in [0.1, 0.15) is 11.6 Å². The van der Waals surface area contributed by atoms with Crippen LogP contribution < -0.4 is 15.4 Å². The summed E-state index contributed by atoms with van der Waals surface area (Å²) in [6, 6.07) is 13.3. The van der Waals surface area contributed by atoms with Gasteiger partial charge in [0.15, 0.2) is 5.82 Å². The molecule has 4 rings (SSSR count). The summed E-state index contributed by atoms with van der Waals surface area (Å²) in [7, 11) is 1.55. The predicted molar refractivity (Wildman–Crippen MR) is 118 cm³/mol. The van der Waals surface area contributed by atoms with Crippen LogP contribution in [0.25, 0.3) is 16.3 Å². The Morgan fingerprint density at radius 2 is 1.94 bits per heavy atom. The normalized spacial score (nSPS) is 10.8. The monoisotopic (exact) mass is 453 g/mol. The maximum atomic E-state index is 13.5. The van der Waals surface area contributed by atoms with Crippen LogP contribution in [0.5, 0.6) is 5.75 Å². The van der Waals surface area contributed by atoms with Crippen molar-refractivity contribution >= 4 is 28.1 Å². The lowest BCUT2D eigenvalue weighted by Gasteiger charge is -2.09. The van der Waals surface area contributed by atoms with Crippen LogP contribution in [0.1, 0.15) is 11.3 Å². The highest BCUT2D eigenvalue weighted by atomic mass is 32.1. The summed E-state index contributed by atoms with van der Waals surface area (Å²) in [6.45, 7) is 0.436. The Bertz CT molecular complexity index is 1270. The molecule has 4 aromatic rings. The molecule has 2 amide bonds. The second-order valence-electron chi connectivity index (χ2n) is 6.87. The molecule has 0 saturated heterocycles. The van der Waals surface area contributed by atoms with Crippen LogP contribution in [-0.2, 0) is 22.6 Å². The summed E-state index contributed by atoms with van der Waals surface area (Å²) in [6.07, 6.45) is 0.456. The fraction of sp³-hybridized carbons (Fsp3) is 0.182. The van der Waals surface area contributed by atoms with Gasteiger partial charge in [0, 0.05) is 36.0 Å². The second-order valence-corrected chi connectivity index (χ2v) is 7.70. The van der Waals surface area contributed by atoms with Gasteiger partial charge in [0.2, 0.25) is 4.96 Å². The van der Waals surface area contributed by atoms with Crippen LogP contribution in [0.15, 0.2) is 53.9 Å². The fourth-order valence-corrected chi connectivity index (χ4v) is 3.99. The second kappa shape index (κ2) is 9.56. The molecular formula is C22H20FN5O3S. The van der Waals surface area contributed by atoms with E-state index in [1.54, 1.807) is 29.8 Å². The van der Waals surface area contributed by atoms with E-state index in [0.29, 0.717) is 28.5 Å². The van der Waals surface area contributed by atoms with Gasteiger partial charge in [-0.25, -0.2) is 8.91 Å². The topological polar surface area (TPSA) is 97.6 Å². The van der Waals surface area contributed by atoms with Crippen molar-refractivity contribution in [3.05, 3.63) is 71.0 Å². The number of methoxy groups -OCH3 is 1. The van der Waals surface area contributed by atoms with E-state index in [0.717, 1.165) is 11.3 Å². The third-order valence-corrected chi connectivity index (χ3v) is 5.60. The largest absolute Gasteiger partial charge is 0.496 e. The SMILES string of the molecule is COc1ccccc1CNC(=O)C(=O)NCCc1csc2nc(-c3cccc(F)c3)nn12. The van der Waals surface area contributed by atoms with Crippen LogP contribution in [-0.4, -0.2) is 40.1 Å². The standard InChI is InChI=1S/C22H20FN5O3S/c1-31-18-8-3-2-5-15(18)12-25-21(30)20(29)24-10-9-17-13-32-22-26-19(27-28(17)22)14-6-4-7-16(23)11-14/h2-8,11,13H,9-10,12H2,1H3,(H,24,29)(H,25,30). The molecule has 2 aromatic carbocycles. The molecule has 0 spiro atoms. The number of rotatable bonds is 7. The molecule has 0 saturated carbocycles. The molecule has 0 aliphatic heterocycles. The van der Waals surface area contributed by atoms with Crippen LogP contribution in [0, 0.1) is 5.82 Å². The first kappa shape index (κ1) is 21.4. The van der Waals surface area contributed by atoms with Gasteiger partial charge < -0.3 is 15.4 Å². The van der Waals surface area contributed by atoms with Crippen molar-refractivity contribution in [1.82, 2.24) is 25.2 Å². The summed E-state index contributed by atoms with van der Waals surface area (Å²) in [5.41, 5.74) is 2.19. The number of ether oxygens (including phenoxy) is 1. The number of aromatic nitrogens is 3. The number of nitrogens with one attached hydrogen (secondary N) is 2. The van der Waals surface area contributed by atoms with E-state index in [2.05, 4.69) is 20.7 Å². The fourth-order valence-electron chi connectivity index (χ4n) is 3.14. The molecule has 8 nitrogen and oxygen atoms in total. The maximum absolute atomic E-state index is 13.5. The molecule has 0 unspecified atom stereocenters. The lowest BCUT2D eigenvalue weighted by atomic mass is 10.2. The van der Waals surface area contributed by atoms with Crippen molar-refractivity contribution in [1.29, 1.82) is 0 Å². The molecule has 0 fully saturated rings. The smallest absolute Gasteiger partial charge is 0.309 e. The Hall–Kier alpha value is -3.79. The van der Waals surface area contributed by atoms with Crippen LogP contribution >= 0.6 is 11.3 Å². The molecular weight excluding hydrogens is 433 g/mol. The molecule has 32 heavy (non-hydrogen) atoms. The maximum Gasteiger partial charge on any atom is 0.309 e. The molecule has 0 radical (unpaired) electrons. The average Bonchev–Trinajstić information content (AvgIpc) is 3.39. The van der Waals surface area contributed by atoms with E-state index in [1.165, 1.54) is 23.5 Å². The number of benzene rings is 2. The predicted octanol–water partition coefficient (Wildman–Crippen LogP) is 2.58. The zero-order chi connectivity index (χ0) is 22.5. The van der Waals surface area contributed by atoms with E-state index in [-0.39, 0.29) is 18.9 Å². The minimum atomic E-state index is -0.722. The highest BCUT2D eigenvalue weighted by molar-refractivity contribution is 7.15. The molecule has 2 aromatic heterocycles. The number of thiazole rings is 1. The van der Waals surface area contributed by atoms with Gasteiger partial charge >= 0.3 is 11.8 Å². The van der Waals surface area contributed by atoms with E-state index < -0.39 is 11.8 Å². The Labute approximate surface area is 187 Å². The molecule has 10 heteroatoms. The van der Waals surface area contributed by atoms with Crippen LogP contribution in [0.3, 0.4) is 0 Å². The summed E-state index contributed by atoms with van der Waals surface area (Å²) in [5, 5.41) is 11.5. The minimum absolute atomic E-state index is 0.184. The molecule has 2 N–H and O–H groups in total. The Morgan fingerprint density at radius 1 is 1.12 bits per heavy atom. The number of amides is 2. The number of hydrogen-bond donors (Lipinski definition) is 2. The van der Waals surface area contributed by atoms with Gasteiger partial charge in [0.25, 0.3) is 0 Å². The summed E-state index contributed by atoms with van der Waals surface area (Å²) in [5.74, 6) is -0.726.